The van der Waals surface area contributed by atoms with E-state index in [1.54, 1.807) is 0 Å². The number of hydrogen-bond acceptors (Lipinski definition) is 1. The van der Waals surface area contributed by atoms with Gasteiger partial charge in [0.25, 0.3) is 0 Å². The molecule has 0 bridgehead atoms. The van der Waals surface area contributed by atoms with E-state index in [9.17, 15) is 0 Å². The third kappa shape index (κ3) is 3.36. The minimum Gasteiger partial charge on any atom is -0.457 e. The number of rotatable bonds is 4. The van der Waals surface area contributed by atoms with Crippen LogP contribution in [0.3, 0.4) is 0 Å². The van der Waals surface area contributed by atoms with Gasteiger partial charge in [0, 0.05) is 15.4 Å². The van der Waals surface area contributed by atoms with Gasteiger partial charge in [0.05, 0.1) is 0 Å². The Bertz CT molecular complexity index is 538. The Kier molecular flexibility index (Phi) is 4.84. The maximum atomic E-state index is 5.96. The molecular weight excluding hydrogens is 356 g/mol. The summed E-state index contributed by atoms with van der Waals surface area (Å²) in [5.41, 5.74) is 2.42. The topological polar surface area (TPSA) is 9.23 Å². The number of halogens is 2. The van der Waals surface area contributed by atoms with Crippen LogP contribution in [0.25, 0.3) is 0 Å². The maximum absolute atomic E-state index is 5.96. The van der Waals surface area contributed by atoms with Crippen molar-refractivity contribution in [2.24, 2.45) is 0 Å². The molecular formula is C15H14Br2O. The molecule has 0 radical (unpaired) electrons. The minimum atomic E-state index is 0.781. The lowest BCUT2D eigenvalue weighted by Crippen LogP contribution is -1.90. The van der Waals surface area contributed by atoms with Crippen molar-refractivity contribution in [3.8, 4) is 11.5 Å². The molecule has 0 heterocycles. The Morgan fingerprint density at radius 2 is 1.94 bits per heavy atom. The molecule has 0 aliphatic rings. The monoisotopic (exact) mass is 368 g/mol. The maximum Gasteiger partial charge on any atom is 0.132 e. The van der Waals surface area contributed by atoms with E-state index in [-0.39, 0.29) is 0 Å². The van der Waals surface area contributed by atoms with Gasteiger partial charge in [-0.2, -0.15) is 0 Å². The van der Waals surface area contributed by atoms with Crippen LogP contribution in [0.2, 0.25) is 0 Å². The van der Waals surface area contributed by atoms with Crippen molar-refractivity contribution in [2.45, 2.75) is 18.7 Å². The summed E-state index contributed by atoms with van der Waals surface area (Å²) < 4.78 is 6.99. The molecule has 2 rings (SSSR count). The van der Waals surface area contributed by atoms with Crippen LogP contribution in [0.15, 0.2) is 46.9 Å². The predicted octanol–water partition coefficient (Wildman–Crippen LogP) is 5.70. The molecule has 0 spiro atoms. The summed E-state index contributed by atoms with van der Waals surface area (Å²) in [6.45, 7) is 2.14. The lowest BCUT2D eigenvalue weighted by Gasteiger charge is -2.11. The van der Waals surface area contributed by atoms with E-state index in [4.69, 9.17) is 4.74 Å². The van der Waals surface area contributed by atoms with Crippen molar-refractivity contribution in [3.05, 3.63) is 58.1 Å². The molecule has 3 heteroatoms. The second-order valence-electron chi connectivity index (χ2n) is 3.99. The fourth-order valence-electron chi connectivity index (χ4n) is 1.69. The molecule has 0 aliphatic carbocycles. The summed E-state index contributed by atoms with van der Waals surface area (Å²) in [6.07, 6.45) is 1.01. The van der Waals surface area contributed by atoms with Crippen molar-refractivity contribution >= 4 is 31.9 Å². The van der Waals surface area contributed by atoms with Crippen LogP contribution in [0.5, 0.6) is 11.5 Å². The zero-order valence-electron chi connectivity index (χ0n) is 10.1. The first kappa shape index (κ1) is 13.6. The van der Waals surface area contributed by atoms with Gasteiger partial charge in [0.1, 0.15) is 11.5 Å². The van der Waals surface area contributed by atoms with Gasteiger partial charge in [-0.3, -0.25) is 0 Å². The predicted molar refractivity (Wildman–Crippen MR) is 82.7 cm³/mol. The molecule has 0 amide bonds. The summed E-state index contributed by atoms with van der Waals surface area (Å²) >= 11 is 6.95. The number of ether oxygens (including phenoxy) is 1. The zero-order valence-corrected chi connectivity index (χ0v) is 13.3. The molecule has 0 fully saturated rings. The SMILES string of the molecule is CCc1cccc(Oc2cc(Br)ccc2CBr)c1. The van der Waals surface area contributed by atoms with E-state index >= 15 is 0 Å². The fraction of sp³-hybridized carbons (Fsp3) is 0.200. The number of aryl methyl sites for hydroxylation is 1. The average Bonchev–Trinajstić information content (AvgIpc) is 2.39. The second-order valence-corrected chi connectivity index (χ2v) is 5.47. The van der Waals surface area contributed by atoms with Crippen LogP contribution < -0.4 is 4.74 Å². The van der Waals surface area contributed by atoms with E-state index < -0.39 is 0 Å². The molecule has 0 saturated heterocycles. The summed E-state index contributed by atoms with van der Waals surface area (Å²) in [5.74, 6) is 1.77. The van der Waals surface area contributed by atoms with E-state index in [2.05, 4.69) is 57.0 Å². The van der Waals surface area contributed by atoms with Crippen LogP contribution in [0.4, 0.5) is 0 Å². The number of benzene rings is 2. The molecule has 2 aromatic rings. The van der Waals surface area contributed by atoms with Crippen molar-refractivity contribution in [3.63, 3.8) is 0 Å². The molecule has 0 N–H and O–H groups in total. The molecule has 0 unspecified atom stereocenters. The first-order chi connectivity index (χ1) is 8.72. The fourth-order valence-corrected chi connectivity index (χ4v) is 2.49. The molecule has 1 nitrogen and oxygen atoms in total. The lowest BCUT2D eigenvalue weighted by molar-refractivity contribution is 0.477. The van der Waals surface area contributed by atoms with Crippen LogP contribution in [0, 0.1) is 0 Å². The van der Waals surface area contributed by atoms with E-state index in [1.165, 1.54) is 5.56 Å². The normalized spacial score (nSPS) is 10.4. The highest BCUT2D eigenvalue weighted by molar-refractivity contribution is 9.10. The van der Waals surface area contributed by atoms with Gasteiger partial charge in [-0.05, 0) is 36.2 Å². The van der Waals surface area contributed by atoms with Crippen LogP contribution in [0.1, 0.15) is 18.1 Å². The molecule has 94 valence electrons. The summed E-state index contributed by atoms with van der Waals surface area (Å²) in [7, 11) is 0. The summed E-state index contributed by atoms with van der Waals surface area (Å²) in [4.78, 5) is 0. The van der Waals surface area contributed by atoms with Gasteiger partial charge in [-0.15, -0.1) is 0 Å². The summed E-state index contributed by atoms with van der Waals surface area (Å²) in [6, 6.07) is 14.3. The first-order valence-corrected chi connectivity index (χ1v) is 7.75. The van der Waals surface area contributed by atoms with Gasteiger partial charge in [0.15, 0.2) is 0 Å². The Hall–Kier alpha value is -0.800. The van der Waals surface area contributed by atoms with Gasteiger partial charge in [0.2, 0.25) is 0 Å². The molecule has 0 saturated carbocycles. The third-order valence-electron chi connectivity index (χ3n) is 2.71. The highest BCUT2D eigenvalue weighted by atomic mass is 79.9. The van der Waals surface area contributed by atoms with Gasteiger partial charge in [-0.1, -0.05) is 57.0 Å². The molecule has 18 heavy (non-hydrogen) atoms. The Morgan fingerprint density at radius 1 is 1.11 bits per heavy atom. The van der Waals surface area contributed by atoms with Crippen molar-refractivity contribution in [1.29, 1.82) is 0 Å². The van der Waals surface area contributed by atoms with Crippen molar-refractivity contribution in [2.75, 3.05) is 0 Å². The first-order valence-electron chi connectivity index (χ1n) is 5.84. The van der Waals surface area contributed by atoms with Crippen LogP contribution in [-0.2, 0) is 11.8 Å². The minimum absolute atomic E-state index is 0.781. The van der Waals surface area contributed by atoms with Gasteiger partial charge in [-0.25, -0.2) is 0 Å². The van der Waals surface area contributed by atoms with E-state index in [1.807, 2.05) is 24.3 Å². The highest BCUT2D eigenvalue weighted by Crippen LogP contribution is 2.30. The smallest absolute Gasteiger partial charge is 0.132 e. The Balaban J connectivity index is 2.29. The van der Waals surface area contributed by atoms with Crippen LogP contribution in [-0.4, -0.2) is 0 Å². The molecule has 0 aromatic heterocycles. The van der Waals surface area contributed by atoms with E-state index in [0.29, 0.717) is 0 Å². The molecule has 0 aliphatic heterocycles. The average molecular weight is 370 g/mol. The zero-order chi connectivity index (χ0) is 13.0. The quantitative estimate of drug-likeness (QED) is 0.628. The lowest BCUT2D eigenvalue weighted by atomic mass is 10.1. The van der Waals surface area contributed by atoms with Crippen molar-refractivity contribution in [1.82, 2.24) is 0 Å². The molecule has 0 atom stereocenters. The van der Waals surface area contributed by atoms with Gasteiger partial charge >= 0.3 is 0 Å². The standard InChI is InChI=1S/C15H14Br2O/c1-2-11-4-3-5-14(8-11)18-15-9-13(17)7-6-12(15)10-16/h3-9H,2,10H2,1H3. The van der Waals surface area contributed by atoms with E-state index in [0.717, 1.165) is 33.3 Å². The van der Waals surface area contributed by atoms with Crippen molar-refractivity contribution < 1.29 is 4.74 Å². The Morgan fingerprint density at radius 3 is 2.67 bits per heavy atom. The van der Waals surface area contributed by atoms with Gasteiger partial charge < -0.3 is 4.74 Å². The number of alkyl halides is 1. The largest absolute Gasteiger partial charge is 0.457 e. The summed E-state index contributed by atoms with van der Waals surface area (Å²) in [5, 5.41) is 0.781. The second kappa shape index (κ2) is 6.39. The number of hydrogen-bond donors (Lipinski definition) is 0. The van der Waals surface area contributed by atoms with Crippen LogP contribution >= 0.6 is 31.9 Å². The Labute approximate surface area is 124 Å². The molecule has 2 aromatic carbocycles. The third-order valence-corrected chi connectivity index (χ3v) is 3.81. The highest BCUT2D eigenvalue weighted by Gasteiger charge is 2.05.